The Morgan fingerprint density at radius 3 is 1.62 bits per heavy atom. The van der Waals surface area contributed by atoms with Crippen LogP contribution < -0.4 is 35.3 Å². The van der Waals surface area contributed by atoms with Crippen LogP contribution >= 0.6 is 0 Å². The highest BCUT2D eigenvalue weighted by molar-refractivity contribution is 5.97. The molecular formula is C67H89N5O12. The molecule has 7 rings (SSSR count). The number of carbonyl (C=O) groups excluding carboxylic acids is 5. The Balaban J connectivity index is 0.000000324. The van der Waals surface area contributed by atoms with E-state index < -0.39 is 17.9 Å². The van der Waals surface area contributed by atoms with Gasteiger partial charge in [-0.05, 0) is 122 Å². The number of amides is 2. The molecule has 6 N–H and O–H groups in total. The van der Waals surface area contributed by atoms with E-state index in [0.717, 1.165) is 72.3 Å². The van der Waals surface area contributed by atoms with E-state index in [4.69, 9.17) is 39.5 Å². The molecule has 0 bridgehead atoms. The van der Waals surface area contributed by atoms with Crippen LogP contribution in [0.15, 0.2) is 143 Å². The number of benzene rings is 5. The summed E-state index contributed by atoms with van der Waals surface area (Å²) in [6.45, 7) is 20.6. The number of nitrogens with two attached hydrogens (primary N) is 1. The molecule has 3 atom stereocenters. The Morgan fingerprint density at radius 1 is 0.655 bits per heavy atom. The maximum atomic E-state index is 13.6. The average Bonchev–Trinajstić information content (AvgIpc) is 4.20. The number of Topliss-reactive ketones (excluding diaryl/α,β-unsaturated/α-hetero) is 1. The van der Waals surface area contributed by atoms with Gasteiger partial charge < -0.3 is 50.2 Å². The van der Waals surface area contributed by atoms with Gasteiger partial charge in [0, 0.05) is 48.2 Å². The smallest absolute Gasteiger partial charge is 0.290 e. The zero-order valence-corrected chi connectivity index (χ0v) is 50.6. The number of ketones is 1. The molecule has 2 amide bonds. The number of nitrogens with one attached hydrogen (secondary N) is 2. The number of aldehydes is 2. The van der Waals surface area contributed by atoms with E-state index >= 15 is 0 Å². The molecule has 0 spiro atoms. The lowest BCUT2D eigenvalue weighted by Crippen LogP contribution is -2.45. The van der Waals surface area contributed by atoms with Gasteiger partial charge in [-0.3, -0.25) is 24.0 Å². The molecule has 1 aromatic heterocycles. The molecule has 0 saturated heterocycles. The van der Waals surface area contributed by atoms with Crippen molar-refractivity contribution in [1.82, 2.24) is 15.8 Å². The van der Waals surface area contributed by atoms with E-state index in [2.05, 4.69) is 20.9 Å². The van der Waals surface area contributed by atoms with Crippen molar-refractivity contribution in [3.05, 3.63) is 167 Å². The van der Waals surface area contributed by atoms with Crippen LogP contribution in [0.4, 0.5) is 0 Å². The number of aromatic hydroxyl groups is 1. The highest BCUT2D eigenvalue weighted by Gasteiger charge is 2.33. The number of rotatable bonds is 24. The van der Waals surface area contributed by atoms with Gasteiger partial charge in [0.15, 0.2) is 18.4 Å². The monoisotopic (exact) mass is 1160 g/mol. The van der Waals surface area contributed by atoms with Gasteiger partial charge in [-0.2, -0.15) is 0 Å². The van der Waals surface area contributed by atoms with Crippen LogP contribution in [0.1, 0.15) is 169 Å². The fourth-order valence-electron chi connectivity index (χ4n) is 8.70. The minimum Gasteiger partial charge on any atom is -0.507 e. The number of para-hydroxylation sites is 5. The Morgan fingerprint density at radius 2 is 1.13 bits per heavy atom. The molecule has 1 aliphatic rings. The zero-order chi connectivity index (χ0) is 61.8. The second-order valence-electron chi connectivity index (χ2n) is 21.2. The number of hydrogen-bond acceptors (Lipinski definition) is 15. The van der Waals surface area contributed by atoms with Crippen molar-refractivity contribution in [3.63, 3.8) is 0 Å². The number of hydrogen-bond donors (Lipinski definition) is 5. The van der Waals surface area contributed by atoms with Crippen molar-refractivity contribution in [2.45, 2.75) is 164 Å². The maximum Gasteiger partial charge on any atom is 0.290 e. The topological polar surface area (TPSA) is 251 Å². The molecule has 1 aliphatic carbocycles. The number of phenolic OH excluding ortho intramolecular Hbond substituents is 1. The highest BCUT2D eigenvalue weighted by atomic mass is 16.5. The van der Waals surface area contributed by atoms with Crippen LogP contribution in [-0.4, -0.2) is 82.3 Å². The number of ether oxygens (including phenoxy) is 4. The number of carbonyl (C=O) groups is 5. The second kappa shape index (κ2) is 39.2. The maximum absolute atomic E-state index is 13.6. The SMILES string of the molecule is CC(C)Oc1ccccc1/C=N/O.CC(C)Oc1ccccc1C=O.CC(C)Oc1ccccc1CN.CC[C@H](C)[C@H](CC(=O)[C@H](CC1CCCCC1)NC(=O)c1ccno1)C(=O)NCc1ccccc1OC(C)C.O=Cc1ccccc1O. The Hall–Kier alpha value is -8.31. The summed E-state index contributed by atoms with van der Waals surface area (Å²) in [5, 5.41) is 29.8. The van der Waals surface area contributed by atoms with Gasteiger partial charge in [0.1, 0.15) is 28.7 Å². The van der Waals surface area contributed by atoms with E-state index in [-0.39, 0.29) is 60.0 Å². The van der Waals surface area contributed by atoms with Crippen LogP contribution in [-0.2, 0) is 22.7 Å². The van der Waals surface area contributed by atoms with Crippen LogP contribution in [0.5, 0.6) is 28.7 Å². The van der Waals surface area contributed by atoms with E-state index in [1.54, 1.807) is 30.3 Å². The van der Waals surface area contributed by atoms with Crippen molar-refractivity contribution in [3.8, 4) is 28.7 Å². The molecule has 17 heteroatoms. The first-order valence-corrected chi connectivity index (χ1v) is 28.9. The molecule has 1 saturated carbocycles. The van der Waals surface area contributed by atoms with Gasteiger partial charge in [0.2, 0.25) is 11.7 Å². The van der Waals surface area contributed by atoms with Gasteiger partial charge in [-0.15, -0.1) is 0 Å². The molecule has 454 valence electrons. The average molecular weight is 1160 g/mol. The first-order valence-electron chi connectivity index (χ1n) is 28.9. The van der Waals surface area contributed by atoms with Crippen molar-refractivity contribution in [1.29, 1.82) is 0 Å². The van der Waals surface area contributed by atoms with Crippen molar-refractivity contribution in [2.24, 2.45) is 28.6 Å². The molecule has 0 unspecified atom stereocenters. The summed E-state index contributed by atoms with van der Waals surface area (Å²) in [6, 6.07) is 37.3. The van der Waals surface area contributed by atoms with Crippen molar-refractivity contribution in [2.75, 3.05) is 0 Å². The minimum absolute atomic E-state index is 0.00131. The summed E-state index contributed by atoms with van der Waals surface area (Å²) in [5.41, 5.74) is 9.21. The Labute approximate surface area is 496 Å². The molecular weight excluding hydrogens is 1070 g/mol. The molecule has 0 aliphatic heterocycles. The Bertz CT molecular complexity index is 2880. The largest absolute Gasteiger partial charge is 0.507 e. The summed E-state index contributed by atoms with van der Waals surface area (Å²) < 4.78 is 27.3. The van der Waals surface area contributed by atoms with E-state index in [9.17, 15) is 24.0 Å². The first kappa shape index (κ1) is 70.0. The lowest BCUT2D eigenvalue weighted by molar-refractivity contribution is -0.132. The summed E-state index contributed by atoms with van der Waals surface area (Å²) >= 11 is 0. The highest BCUT2D eigenvalue weighted by Crippen LogP contribution is 2.30. The quantitative estimate of drug-likeness (QED) is 0.0164. The summed E-state index contributed by atoms with van der Waals surface area (Å²) in [7, 11) is 0. The summed E-state index contributed by atoms with van der Waals surface area (Å²) in [6.07, 6.45) is 11.6. The zero-order valence-electron chi connectivity index (χ0n) is 50.6. The summed E-state index contributed by atoms with van der Waals surface area (Å²) in [4.78, 5) is 60.4. The molecule has 6 aromatic rings. The predicted octanol–water partition coefficient (Wildman–Crippen LogP) is 13.2. The third kappa shape index (κ3) is 26.3. The Kier molecular flexibility index (Phi) is 32.7. The third-order valence-electron chi connectivity index (χ3n) is 13.0. The van der Waals surface area contributed by atoms with Crippen LogP contribution in [0, 0.1) is 17.8 Å². The standard InChI is InChI=1S/C30H43N3O5.C10H13NO2.C10H15NO.C10H12O2.C7H6O2/c1-5-21(4)24(29(35)31-19-23-13-9-10-14-27(23)37-20(2)3)18-26(34)25(17-22-11-7-6-8-12-22)33-30(36)28-15-16-32-38-28;1-8(2)13-10-6-4-3-5-9(10)7-11-12;2*1-8(2)12-10-6-4-3-5-9(10)7-11;8-5-6-3-1-2-4-7(6)9/h9-10,13-16,20-22,24-25H,5-8,11-12,17-19H2,1-4H3,(H,31,35)(H,33,36);3-8,12H,1-2H3;3-6,8H,7,11H2,1-2H3;3-8H,1-2H3;1-5,9H/b;11-7+;;;/t21-,24-,25-;;;;/m0..../s1. The van der Waals surface area contributed by atoms with Gasteiger partial charge >= 0.3 is 0 Å². The lowest BCUT2D eigenvalue weighted by atomic mass is 9.81. The first-order chi connectivity index (χ1) is 40.3. The lowest BCUT2D eigenvalue weighted by Gasteiger charge is -2.28. The number of nitrogens with zero attached hydrogens (tertiary/aromatic N) is 2. The van der Waals surface area contributed by atoms with Crippen LogP contribution in [0.2, 0.25) is 0 Å². The molecule has 1 heterocycles. The normalized spacial score (nSPS) is 13.0. The molecule has 0 radical (unpaired) electrons. The van der Waals surface area contributed by atoms with Gasteiger partial charge in [-0.1, -0.05) is 135 Å². The number of phenols is 1. The summed E-state index contributed by atoms with van der Waals surface area (Å²) in [5.74, 6) is 2.27. The van der Waals surface area contributed by atoms with Crippen LogP contribution in [0.3, 0.4) is 0 Å². The molecule has 1 fully saturated rings. The van der Waals surface area contributed by atoms with Crippen LogP contribution in [0.25, 0.3) is 0 Å². The fourth-order valence-corrected chi connectivity index (χ4v) is 8.70. The van der Waals surface area contributed by atoms with Crippen molar-refractivity contribution >= 4 is 36.4 Å². The number of aromatic nitrogens is 1. The third-order valence-corrected chi connectivity index (χ3v) is 13.0. The number of oxime groups is 1. The van der Waals surface area contributed by atoms with E-state index in [0.29, 0.717) is 48.6 Å². The molecule has 17 nitrogen and oxygen atoms in total. The minimum atomic E-state index is -0.671. The van der Waals surface area contributed by atoms with Gasteiger partial charge in [0.25, 0.3) is 5.91 Å². The van der Waals surface area contributed by atoms with Gasteiger partial charge in [-0.25, -0.2) is 0 Å². The predicted molar refractivity (Wildman–Crippen MR) is 328 cm³/mol. The fraction of sp³-hybridized carbons (Fsp3) is 0.418. The van der Waals surface area contributed by atoms with E-state index in [1.807, 2.05) is 154 Å². The van der Waals surface area contributed by atoms with Gasteiger partial charge in [0.05, 0.1) is 54.0 Å². The van der Waals surface area contributed by atoms with E-state index in [1.165, 1.54) is 31.0 Å². The van der Waals surface area contributed by atoms with Crippen molar-refractivity contribution < 1.29 is 57.8 Å². The molecule has 84 heavy (non-hydrogen) atoms. The molecule has 5 aromatic carbocycles. The second-order valence-corrected chi connectivity index (χ2v) is 21.2.